The lowest BCUT2D eigenvalue weighted by atomic mass is 9.99. The van der Waals surface area contributed by atoms with E-state index in [-0.39, 0.29) is 46.5 Å². The first-order valence-corrected chi connectivity index (χ1v) is 16.6. The normalized spacial score (nSPS) is 18.3. The Balaban J connectivity index is 1.75. The van der Waals surface area contributed by atoms with E-state index in [4.69, 9.17) is 9.47 Å². The Morgan fingerprint density at radius 3 is 2.28 bits per heavy atom. The van der Waals surface area contributed by atoms with Crippen molar-refractivity contribution < 1.29 is 36.2 Å². The van der Waals surface area contributed by atoms with Crippen LogP contribution in [0.2, 0.25) is 0 Å². The number of hydrogen-bond donors (Lipinski definition) is 2. The number of para-hydroxylation sites is 1. The molecule has 1 heterocycles. The molecule has 43 heavy (non-hydrogen) atoms. The number of nitrogens with zero attached hydrogens (tertiary/aromatic N) is 2. The van der Waals surface area contributed by atoms with Crippen molar-refractivity contribution >= 4 is 31.6 Å². The first kappa shape index (κ1) is 32.3. The second-order valence-corrected chi connectivity index (χ2v) is 14.4. The Kier molecular flexibility index (Phi) is 9.70. The molecule has 13 heteroatoms. The number of likely N-dealkylation sites (N-methyl/N-ethyl adjacent to an activating group) is 1. The maximum absolute atomic E-state index is 13.7. The minimum absolute atomic E-state index is 0.0152. The van der Waals surface area contributed by atoms with E-state index in [1.165, 1.54) is 78.0 Å². The minimum atomic E-state index is -4.12. The molecular weight excluding hydrogens is 594 g/mol. The van der Waals surface area contributed by atoms with Crippen LogP contribution < -0.4 is 14.2 Å². The summed E-state index contributed by atoms with van der Waals surface area (Å²) in [6.07, 6.45) is -0.794. The second kappa shape index (κ2) is 12.9. The summed E-state index contributed by atoms with van der Waals surface area (Å²) in [6.45, 7) is 5.16. The van der Waals surface area contributed by atoms with E-state index in [0.29, 0.717) is 5.75 Å². The Morgan fingerprint density at radius 2 is 1.67 bits per heavy atom. The molecule has 0 fully saturated rings. The van der Waals surface area contributed by atoms with Crippen molar-refractivity contribution in [2.24, 2.45) is 5.92 Å². The van der Waals surface area contributed by atoms with Crippen LogP contribution in [-0.4, -0.2) is 83.1 Å². The lowest BCUT2D eigenvalue weighted by Gasteiger charge is -2.38. The number of ether oxygens (including phenoxy) is 2. The SMILES string of the molecule is COc1ccc(S(=O)(=O)Nc2cccc3c2O[C@@H](CN(C)S(=O)(=O)c2ccc(C)cc2)[C@@H](C)CN([C@@H](C)CO)C3=O)cc1. The van der Waals surface area contributed by atoms with Gasteiger partial charge >= 0.3 is 0 Å². The predicted octanol–water partition coefficient (Wildman–Crippen LogP) is 3.35. The van der Waals surface area contributed by atoms with Gasteiger partial charge in [-0.05, 0) is 62.4 Å². The van der Waals surface area contributed by atoms with Crippen LogP contribution in [0.5, 0.6) is 11.5 Å². The topological polar surface area (TPSA) is 143 Å². The fourth-order valence-corrected chi connectivity index (χ4v) is 6.99. The van der Waals surface area contributed by atoms with Crippen LogP contribution in [-0.2, 0) is 20.0 Å². The number of rotatable bonds is 10. The number of sulfonamides is 2. The third-order valence-electron chi connectivity index (χ3n) is 7.47. The van der Waals surface area contributed by atoms with Gasteiger partial charge in [-0.2, -0.15) is 4.31 Å². The van der Waals surface area contributed by atoms with E-state index in [2.05, 4.69) is 4.72 Å². The number of anilines is 1. The molecule has 2 N–H and O–H groups in total. The van der Waals surface area contributed by atoms with E-state index in [0.717, 1.165) is 5.56 Å². The average Bonchev–Trinajstić information content (AvgIpc) is 2.98. The number of fused-ring (bicyclic) bond motifs is 1. The van der Waals surface area contributed by atoms with Gasteiger partial charge in [0.2, 0.25) is 10.0 Å². The number of benzene rings is 3. The third-order valence-corrected chi connectivity index (χ3v) is 10.7. The molecule has 1 aliphatic rings. The lowest BCUT2D eigenvalue weighted by Crippen LogP contribution is -2.50. The highest BCUT2D eigenvalue weighted by Crippen LogP contribution is 2.36. The summed E-state index contributed by atoms with van der Waals surface area (Å²) in [5.41, 5.74) is 1.01. The van der Waals surface area contributed by atoms with Gasteiger partial charge in [0.15, 0.2) is 5.75 Å². The van der Waals surface area contributed by atoms with Crippen molar-refractivity contribution in [2.45, 2.75) is 42.7 Å². The molecule has 4 rings (SSSR count). The molecule has 0 saturated carbocycles. The molecule has 0 spiro atoms. The van der Waals surface area contributed by atoms with Crippen LogP contribution in [0.1, 0.15) is 29.8 Å². The average molecular weight is 632 g/mol. The van der Waals surface area contributed by atoms with Crippen molar-refractivity contribution in [3.05, 3.63) is 77.9 Å². The summed E-state index contributed by atoms with van der Waals surface area (Å²) < 4.78 is 68.8. The number of hydrogen-bond acceptors (Lipinski definition) is 8. The Labute approximate surface area is 253 Å². The largest absolute Gasteiger partial charge is 0.497 e. The zero-order valence-corrected chi connectivity index (χ0v) is 26.4. The summed E-state index contributed by atoms with van der Waals surface area (Å²) in [5.74, 6) is -0.407. The summed E-state index contributed by atoms with van der Waals surface area (Å²) in [5, 5.41) is 9.92. The molecular formula is C30H37N3O8S2. The molecule has 0 aromatic heterocycles. The van der Waals surface area contributed by atoms with Gasteiger partial charge in [0.25, 0.3) is 15.9 Å². The summed E-state index contributed by atoms with van der Waals surface area (Å²) in [6, 6.07) is 16.3. The highest BCUT2D eigenvalue weighted by Gasteiger charge is 2.36. The lowest BCUT2D eigenvalue weighted by molar-refractivity contribution is 0.0389. The molecule has 0 saturated heterocycles. The quantitative estimate of drug-likeness (QED) is 0.347. The van der Waals surface area contributed by atoms with Crippen LogP contribution in [0.15, 0.2) is 76.5 Å². The van der Waals surface area contributed by atoms with Crippen LogP contribution in [0, 0.1) is 12.8 Å². The zero-order chi connectivity index (χ0) is 31.5. The molecule has 232 valence electrons. The summed E-state index contributed by atoms with van der Waals surface area (Å²) >= 11 is 0. The number of methoxy groups -OCH3 is 1. The number of carbonyl (C=O) groups is 1. The first-order valence-electron chi connectivity index (χ1n) is 13.7. The molecule has 0 bridgehead atoms. The number of nitrogens with one attached hydrogen (secondary N) is 1. The van der Waals surface area contributed by atoms with Crippen LogP contribution >= 0.6 is 0 Å². The van der Waals surface area contributed by atoms with Gasteiger partial charge in [-0.3, -0.25) is 9.52 Å². The van der Waals surface area contributed by atoms with E-state index >= 15 is 0 Å². The molecule has 1 amide bonds. The van der Waals surface area contributed by atoms with E-state index in [9.17, 15) is 26.7 Å². The van der Waals surface area contributed by atoms with Crippen molar-refractivity contribution in [3.8, 4) is 11.5 Å². The standard InChI is InChI=1S/C30H37N3O8S2/c1-20-9-13-25(14-10-20)43(38,39)32(4)18-28-21(2)17-33(22(3)19-34)30(35)26-7-6-8-27(29(26)41-28)31-42(36,37)24-15-11-23(40-5)12-16-24/h6-16,21-22,28,31,34H,17-19H2,1-5H3/t21-,22-,28-/m0/s1. The predicted molar refractivity (Wildman–Crippen MR) is 162 cm³/mol. The van der Waals surface area contributed by atoms with Gasteiger partial charge in [-0.1, -0.05) is 30.7 Å². The van der Waals surface area contributed by atoms with Gasteiger partial charge in [-0.25, -0.2) is 16.8 Å². The van der Waals surface area contributed by atoms with Gasteiger partial charge in [0.1, 0.15) is 11.9 Å². The summed E-state index contributed by atoms with van der Waals surface area (Å²) in [4.78, 5) is 15.3. The summed E-state index contributed by atoms with van der Waals surface area (Å²) in [7, 11) is -5.09. The molecule has 0 unspecified atom stereocenters. The Morgan fingerprint density at radius 1 is 1.05 bits per heavy atom. The van der Waals surface area contributed by atoms with Gasteiger partial charge in [0, 0.05) is 19.5 Å². The number of aliphatic hydroxyl groups excluding tert-OH is 1. The first-order chi connectivity index (χ1) is 20.3. The zero-order valence-electron chi connectivity index (χ0n) is 24.7. The van der Waals surface area contributed by atoms with Crippen LogP contribution in [0.4, 0.5) is 5.69 Å². The molecule has 0 aliphatic carbocycles. The second-order valence-electron chi connectivity index (χ2n) is 10.7. The number of amides is 1. The van der Waals surface area contributed by atoms with Crippen molar-refractivity contribution in [3.63, 3.8) is 0 Å². The van der Waals surface area contributed by atoms with Gasteiger partial charge in [-0.15, -0.1) is 0 Å². The van der Waals surface area contributed by atoms with E-state index in [1.807, 2.05) is 13.8 Å². The van der Waals surface area contributed by atoms with Crippen molar-refractivity contribution in [1.82, 2.24) is 9.21 Å². The fraction of sp³-hybridized carbons (Fsp3) is 0.367. The highest BCUT2D eigenvalue weighted by molar-refractivity contribution is 7.92. The number of carbonyl (C=O) groups excluding carboxylic acids is 1. The van der Waals surface area contributed by atoms with Crippen molar-refractivity contribution in [2.75, 3.05) is 38.6 Å². The van der Waals surface area contributed by atoms with Gasteiger partial charge in [0.05, 0.1) is 47.3 Å². The third kappa shape index (κ3) is 6.96. The fourth-order valence-electron chi connectivity index (χ4n) is 4.74. The smallest absolute Gasteiger partial charge is 0.262 e. The van der Waals surface area contributed by atoms with E-state index in [1.54, 1.807) is 19.1 Å². The van der Waals surface area contributed by atoms with Gasteiger partial charge < -0.3 is 19.5 Å². The Bertz CT molecular complexity index is 1660. The minimum Gasteiger partial charge on any atom is -0.497 e. The molecule has 3 aromatic rings. The maximum Gasteiger partial charge on any atom is 0.262 e. The molecule has 3 atom stereocenters. The van der Waals surface area contributed by atoms with Crippen LogP contribution in [0.25, 0.3) is 0 Å². The monoisotopic (exact) mass is 631 g/mol. The molecule has 11 nitrogen and oxygen atoms in total. The molecule has 1 aliphatic heterocycles. The van der Waals surface area contributed by atoms with E-state index < -0.39 is 44.0 Å². The number of aryl methyl sites for hydroxylation is 1. The molecule has 3 aromatic carbocycles. The van der Waals surface area contributed by atoms with Crippen LogP contribution in [0.3, 0.4) is 0 Å². The molecule has 0 radical (unpaired) electrons. The Hall–Kier alpha value is -3.65. The number of aliphatic hydroxyl groups is 1. The highest BCUT2D eigenvalue weighted by atomic mass is 32.2. The maximum atomic E-state index is 13.7. The van der Waals surface area contributed by atoms with Crippen molar-refractivity contribution in [1.29, 1.82) is 0 Å².